The van der Waals surface area contributed by atoms with E-state index in [1.165, 1.54) is 6.42 Å². The molecule has 4 nitrogen and oxygen atoms in total. The van der Waals surface area contributed by atoms with E-state index in [1.54, 1.807) is 0 Å². The molecule has 3 aliphatic rings. The van der Waals surface area contributed by atoms with E-state index in [2.05, 4.69) is 10.2 Å². The zero-order valence-corrected chi connectivity index (χ0v) is 7.74. The molecule has 0 aromatic carbocycles. The summed E-state index contributed by atoms with van der Waals surface area (Å²) in [5.74, 6) is 0. The number of nitrogens with one attached hydrogen (secondary N) is 1. The highest BCUT2D eigenvalue weighted by molar-refractivity contribution is 4.95. The fourth-order valence-electron chi connectivity index (χ4n) is 2.52. The molecule has 0 amide bonds. The normalized spacial score (nSPS) is 45.7. The van der Waals surface area contributed by atoms with Gasteiger partial charge in [0, 0.05) is 25.7 Å². The summed E-state index contributed by atoms with van der Waals surface area (Å²) < 4.78 is 11.2. The summed E-state index contributed by atoms with van der Waals surface area (Å²) in [7, 11) is 0. The van der Waals surface area contributed by atoms with Crippen LogP contribution in [0.15, 0.2) is 0 Å². The Morgan fingerprint density at radius 2 is 2.08 bits per heavy atom. The zero-order valence-electron chi connectivity index (χ0n) is 7.74. The van der Waals surface area contributed by atoms with Crippen molar-refractivity contribution < 1.29 is 9.47 Å². The number of rotatable bonds is 1. The van der Waals surface area contributed by atoms with Crippen LogP contribution < -0.4 is 5.32 Å². The molecular weight excluding hydrogens is 168 g/mol. The van der Waals surface area contributed by atoms with E-state index in [9.17, 15) is 0 Å². The van der Waals surface area contributed by atoms with Gasteiger partial charge in [-0.05, 0) is 6.42 Å². The molecule has 1 N–H and O–H groups in total. The minimum Gasteiger partial charge on any atom is -0.379 e. The van der Waals surface area contributed by atoms with Crippen molar-refractivity contribution in [1.29, 1.82) is 0 Å². The molecular formula is C9H16N2O2. The molecule has 3 saturated heterocycles. The molecule has 0 aromatic heterocycles. The summed E-state index contributed by atoms with van der Waals surface area (Å²) in [6.07, 6.45) is 1.99. The maximum absolute atomic E-state index is 5.91. The molecule has 3 fully saturated rings. The van der Waals surface area contributed by atoms with Crippen molar-refractivity contribution in [2.75, 3.05) is 32.8 Å². The van der Waals surface area contributed by atoms with Crippen LogP contribution in [-0.4, -0.2) is 56.1 Å². The molecule has 13 heavy (non-hydrogen) atoms. The van der Waals surface area contributed by atoms with Crippen molar-refractivity contribution in [2.24, 2.45) is 0 Å². The Labute approximate surface area is 78.2 Å². The van der Waals surface area contributed by atoms with Crippen LogP contribution in [0.1, 0.15) is 6.42 Å². The second kappa shape index (κ2) is 3.20. The van der Waals surface area contributed by atoms with E-state index in [4.69, 9.17) is 9.47 Å². The molecule has 0 saturated carbocycles. The molecule has 4 heteroatoms. The number of morpholine rings is 2. The monoisotopic (exact) mass is 184 g/mol. The molecule has 3 unspecified atom stereocenters. The topological polar surface area (TPSA) is 33.7 Å². The first kappa shape index (κ1) is 8.17. The Morgan fingerprint density at radius 3 is 2.69 bits per heavy atom. The minimum absolute atomic E-state index is 0.322. The summed E-state index contributed by atoms with van der Waals surface area (Å²) in [5, 5.41) is 3.50. The van der Waals surface area contributed by atoms with Crippen LogP contribution in [0.3, 0.4) is 0 Å². The van der Waals surface area contributed by atoms with Gasteiger partial charge in [-0.1, -0.05) is 0 Å². The van der Waals surface area contributed by atoms with Crippen molar-refractivity contribution in [3.63, 3.8) is 0 Å². The number of hydrogen-bond acceptors (Lipinski definition) is 4. The van der Waals surface area contributed by atoms with Crippen molar-refractivity contribution in [1.82, 2.24) is 10.2 Å². The van der Waals surface area contributed by atoms with Crippen LogP contribution in [0.4, 0.5) is 0 Å². The lowest BCUT2D eigenvalue weighted by Gasteiger charge is -2.36. The fraction of sp³-hybridized carbons (Fsp3) is 1.00. The van der Waals surface area contributed by atoms with Crippen LogP contribution in [0, 0.1) is 0 Å². The van der Waals surface area contributed by atoms with Crippen LogP contribution in [-0.2, 0) is 9.47 Å². The standard InChI is InChI=1S/C9H16N2O2/c1-3-12-4-2-11(1)9-8-5-7(13-9)6-10-8/h7-10H,1-6H2. The quantitative estimate of drug-likeness (QED) is 0.590. The van der Waals surface area contributed by atoms with Gasteiger partial charge in [-0.15, -0.1) is 0 Å². The SMILES string of the molecule is C1CN(C2OC3CNC2C3)CCO1. The summed E-state index contributed by atoms with van der Waals surface area (Å²) in [6.45, 7) is 4.81. The van der Waals surface area contributed by atoms with Gasteiger partial charge >= 0.3 is 0 Å². The summed E-state index contributed by atoms with van der Waals surface area (Å²) >= 11 is 0. The number of hydrogen-bond donors (Lipinski definition) is 1. The summed E-state index contributed by atoms with van der Waals surface area (Å²) in [5.41, 5.74) is 0. The van der Waals surface area contributed by atoms with Gasteiger partial charge in [0.25, 0.3) is 0 Å². The highest BCUT2D eigenvalue weighted by Gasteiger charge is 2.43. The summed E-state index contributed by atoms with van der Waals surface area (Å²) in [6, 6.07) is 0.572. The van der Waals surface area contributed by atoms with E-state index in [-0.39, 0.29) is 0 Å². The largest absolute Gasteiger partial charge is 0.379 e. The smallest absolute Gasteiger partial charge is 0.126 e. The van der Waals surface area contributed by atoms with Gasteiger partial charge in [-0.2, -0.15) is 0 Å². The Hall–Kier alpha value is -0.160. The van der Waals surface area contributed by atoms with Crippen LogP contribution in [0.2, 0.25) is 0 Å². The van der Waals surface area contributed by atoms with Crippen molar-refractivity contribution in [3.8, 4) is 0 Å². The second-order valence-corrected chi connectivity index (χ2v) is 4.05. The first-order chi connectivity index (χ1) is 6.43. The molecule has 3 aliphatic heterocycles. The molecule has 2 bridgehead atoms. The van der Waals surface area contributed by atoms with Crippen molar-refractivity contribution in [3.05, 3.63) is 0 Å². The molecule has 3 rings (SSSR count). The average molecular weight is 184 g/mol. The van der Waals surface area contributed by atoms with E-state index >= 15 is 0 Å². The molecule has 0 aliphatic carbocycles. The Bertz CT molecular complexity index is 194. The van der Waals surface area contributed by atoms with E-state index in [1.807, 2.05) is 0 Å². The lowest BCUT2D eigenvalue weighted by molar-refractivity contribution is -0.110. The third-order valence-electron chi connectivity index (χ3n) is 3.21. The summed E-state index contributed by atoms with van der Waals surface area (Å²) in [4.78, 5) is 2.40. The van der Waals surface area contributed by atoms with E-state index in [0.717, 1.165) is 32.8 Å². The molecule has 0 spiro atoms. The van der Waals surface area contributed by atoms with Crippen LogP contribution in [0.5, 0.6) is 0 Å². The minimum atomic E-state index is 0.322. The van der Waals surface area contributed by atoms with Gasteiger partial charge in [0.1, 0.15) is 6.23 Å². The Morgan fingerprint density at radius 1 is 1.23 bits per heavy atom. The van der Waals surface area contributed by atoms with Gasteiger partial charge in [0.2, 0.25) is 0 Å². The first-order valence-electron chi connectivity index (χ1n) is 5.14. The predicted molar refractivity (Wildman–Crippen MR) is 47.5 cm³/mol. The Kier molecular flexibility index (Phi) is 2.01. The van der Waals surface area contributed by atoms with Gasteiger partial charge in [-0.25, -0.2) is 0 Å². The molecule has 0 aromatic rings. The lowest BCUT2D eigenvalue weighted by atomic mass is 10.2. The highest BCUT2D eigenvalue weighted by atomic mass is 16.5. The van der Waals surface area contributed by atoms with Crippen molar-refractivity contribution >= 4 is 0 Å². The first-order valence-corrected chi connectivity index (χ1v) is 5.14. The number of fused-ring (bicyclic) bond motifs is 2. The number of nitrogens with zero attached hydrogens (tertiary/aromatic N) is 1. The third kappa shape index (κ3) is 1.38. The maximum Gasteiger partial charge on any atom is 0.126 e. The number of ether oxygens (including phenoxy) is 2. The van der Waals surface area contributed by atoms with Crippen LogP contribution >= 0.6 is 0 Å². The van der Waals surface area contributed by atoms with Crippen LogP contribution in [0.25, 0.3) is 0 Å². The molecule has 3 atom stereocenters. The average Bonchev–Trinajstić information content (AvgIpc) is 2.80. The van der Waals surface area contributed by atoms with E-state index < -0.39 is 0 Å². The predicted octanol–water partition coefficient (Wildman–Crippen LogP) is -0.595. The third-order valence-corrected chi connectivity index (χ3v) is 3.21. The highest BCUT2D eigenvalue weighted by Crippen LogP contribution is 2.28. The van der Waals surface area contributed by atoms with Crippen molar-refractivity contribution in [2.45, 2.75) is 24.8 Å². The van der Waals surface area contributed by atoms with Gasteiger partial charge in [0.15, 0.2) is 0 Å². The zero-order chi connectivity index (χ0) is 8.67. The van der Waals surface area contributed by atoms with Gasteiger partial charge < -0.3 is 14.8 Å². The van der Waals surface area contributed by atoms with Gasteiger partial charge in [0.05, 0.1) is 19.3 Å². The molecule has 3 heterocycles. The maximum atomic E-state index is 5.91. The lowest BCUT2D eigenvalue weighted by Crippen LogP contribution is -2.53. The molecule has 74 valence electrons. The molecule has 0 radical (unpaired) electrons. The second-order valence-electron chi connectivity index (χ2n) is 4.05. The van der Waals surface area contributed by atoms with E-state index in [0.29, 0.717) is 18.4 Å². The fourth-order valence-corrected chi connectivity index (χ4v) is 2.52. The Balaban J connectivity index is 1.65. The van der Waals surface area contributed by atoms with Gasteiger partial charge in [-0.3, -0.25) is 4.90 Å².